The molecule has 2 atom stereocenters. The zero-order valence-electron chi connectivity index (χ0n) is 15.5. The highest BCUT2D eigenvalue weighted by atomic mass is 15.1. The third-order valence-electron chi connectivity index (χ3n) is 5.67. The standard InChI is InChI=1S/C21H23N7/c22-16-6-2-4-8-18(16)27-21-26-11-15-19(28-21)14(10-25-20(15)23)13-9-24-17-7-3-1-5-12(13)17/h1,3,5,7,9-11,16,18,24H,2,4,6,8,22H2,(H2,23,25)(H,26,27,28)/t16-,18+/m1/s1. The zero-order chi connectivity index (χ0) is 19.1. The maximum atomic E-state index is 6.28. The van der Waals surface area contributed by atoms with Crippen LogP contribution in [0.4, 0.5) is 11.8 Å². The predicted octanol–water partition coefficient (Wildman–Crippen LogP) is 3.44. The van der Waals surface area contributed by atoms with Crippen LogP contribution in [0.25, 0.3) is 32.9 Å². The number of hydrogen-bond acceptors (Lipinski definition) is 6. The van der Waals surface area contributed by atoms with Crippen molar-refractivity contribution in [2.75, 3.05) is 11.1 Å². The van der Waals surface area contributed by atoms with Gasteiger partial charge in [-0.25, -0.2) is 15.0 Å². The summed E-state index contributed by atoms with van der Waals surface area (Å²) < 4.78 is 0. The number of nitrogens with two attached hydrogens (primary N) is 2. The van der Waals surface area contributed by atoms with Crippen molar-refractivity contribution in [1.82, 2.24) is 19.9 Å². The van der Waals surface area contributed by atoms with Crippen LogP contribution in [0.5, 0.6) is 0 Å². The van der Waals surface area contributed by atoms with Crippen LogP contribution in [-0.4, -0.2) is 32.0 Å². The van der Waals surface area contributed by atoms with Crippen molar-refractivity contribution < 1.29 is 0 Å². The topological polar surface area (TPSA) is 119 Å². The summed E-state index contributed by atoms with van der Waals surface area (Å²) >= 11 is 0. The minimum absolute atomic E-state index is 0.128. The Morgan fingerprint density at radius 3 is 2.75 bits per heavy atom. The van der Waals surface area contributed by atoms with E-state index in [0.29, 0.717) is 11.8 Å². The highest BCUT2D eigenvalue weighted by molar-refractivity contribution is 6.05. The fraction of sp³-hybridized carbons (Fsp3) is 0.286. The molecule has 0 aliphatic heterocycles. The van der Waals surface area contributed by atoms with Gasteiger partial charge in [0.25, 0.3) is 0 Å². The zero-order valence-corrected chi connectivity index (χ0v) is 15.5. The lowest BCUT2D eigenvalue weighted by molar-refractivity contribution is 0.402. The summed E-state index contributed by atoms with van der Waals surface area (Å²) in [6.07, 6.45) is 9.96. The number of benzene rings is 1. The average Bonchev–Trinajstić information content (AvgIpc) is 3.14. The van der Waals surface area contributed by atoms with Crippen molar-refractivity contribution in [1.29, 1.82) is 0 Å². The van der Waals surface area contributed by atoms with Crippen molar-refractivity contribution in [3.05, 3.63) is 42.9 Å². The van der Waals surface area contributed by atoms with Crippen LogP contribution in [0.15, 0.2) is 42.9 Å². The third-order valence-corrected chi connectivity index (χ3v) is 5.67. The van der Waals surface area contributed by atoms with E-state index in [1.807, 2.05) is 18.3 Å². The number of fused-ring (bicyclic) bond motifs is 2. The molecule has 0 amide bonds. The van der Waals surface area contributed by atoms with E-state index in [1.165, 1.54) is 12.8 Å². The first-order chi connectivity index (χ1) is 13.7. The molecular formula is C21H23N7. The van der Waals surface area contributed by atoms with Crippen LogP contribution in [0.3, 0.4) is 0 Å². The van der Waals surface area contributed by atoms with Gasteiger partial charge in [0.1, 0.15) is 5.82 Å². The van der Waals surface area contributed by atoms with E-state index >= 15 is 0 Å². The fourth-order valence-electron chi connectivity index (χ4n) is 4.10. The number of H-pyrrole nitrogens is 1. The summed E-state index contributed by atoms with van der Waals surface area (Å²) in [7, 11) is 0. The summed E-state index contributed by atoms with van der Waals surface area (Å²) in [5.41, 5.74) is 16.2. The quantitative estimate of drug-likeness (QED) is 0.437. The second-order valence-electron chi connectivity index (χ2n) is 7.46. The molecule has 1 fully saturated rings. The molecule has 6 N–H and O–H groups in total. The van der Waals surface area contributed by atoms with Crippen LogP contribution in [0.2, 0.25) is 0 Å². The SMILES string of the molecule is Nc1ncc(-c2c[nH]c3ccccc23)c2nc(N[C@H]3CCCC[C@H]3N)ncc12. The summed E-state index contributed by atoms with van der Waals surface area (Å²) in [4.78, 5) is 17.0. The van der Waals surface area contributed by atoms with Gasteiger partial charge in [0, 0.05) is 52.7 Å². The predicted molar refractivity (Wildman–Crippen MR) is 113 cm³/mol. The van der Waals surface area contributed by atoms with Gasteiger partial charge in [-0.3, -0.25) is 0 Å². The lowest BCUT2D eigenvalue weighted by atomic mass is 9.91. The van der Waals surface area contributed by atoms with Crippen LogP contribution in [0.1, 0.15) is 25.7 Å². The number of nitrogen functional groups attached to an aromatic ring is 1. The Kier molecular flexibility index (Phi) is 4.09. The molecule has 1 aromatic carbocycles. The highest BCUT2D eigenvalue weighted by Crippen LogP contribution is 2.34. The Bertz CT molecular complexity index is 1150. The number of aromatic amines is 1. The van der Waals surface area contributed by atoms with E-state index in [2.05, 4.69) is 32.4 Å². The Labute approximate surface area is 162 Å². The summed E-state index contributed by atoms with van der Waals surface area (Å²) in [6.45, 7) is 0. The Balaban J connectivity index is 1.62. The third kappa shape index (κ3) is 2.84. The van der Waals surface area contributed by atoms with Crippen molar-refractivity contribution in [2.45, 2.75) is 37.8 Å². The molecule has 0 radical (unpaired) electrons. The lowest BCUT2D eigenvalue weighted by Crippen LogP contribution is -2.42. The minimum Gasteiger partial charge on any atom is -0.383 e. The second kappa shape index (κ2) is 6.76. The largest absolute Gasteiger partial charge is 0.383 e. The van der Waals surface area contributed by atoms with Gasteiger partial charge in [0.2, 0.25) is 5.95 Å². The molecule has 142 valence electrons. The van der Waals surface area contributed by atoms with Crippen LogP contribution < -0.4 is 16.8 Å². The molecule has 3 heterocycles. The van der Waals surface area contributed by atoms with Gasteiger partial charge in [0.05, 0.1) is 10.9 Å². The number of pyridine rings is 1. The minimum atomic E-state index is 0.128. The van der Waals surface area contributed by atoms with E-state index in [0.717, 1.165) is 45.8 Å². The first-order valence-electron chi connectivity index (χ1n) is 9.70. The van der Waals surface area contributed by atoms with Crippen molar-refractivity contribution in [2.24, 2.45) is 5.73 Å². The van der Waals surface area contributed by atoms with Crippen molar-refractivity contribution >= 4 is 33.6 Å². The molecule has 7 nitrogen and oxygen atoms in total. The van der Waals surface area contributed by atoms with Gasteiger partial charge < -0.3 is 21.8 Å². The van der Waals surface area contributed by atoms with Crippen LogP contribution in [0, 0.1) is 0 Å². The lowest BCUT2D eigenvalue weighted by Gasteiger charge is -2.29. The number of rotatable bonds is 3. The molecule has 1 aliphatic rings. The van der Waals surface area contributed by atoms with Crippen molar-refractivity contribution in [3.8, 4) is 11.1 Å². The number of hydrogen-bond donors (Lipinski definition) is 4. The smallest absolute Gasteiger partial charge is 0.223 e. The average molecular weight is 373 g/mol. The maximum Gasteiger partial charge on any atom is 0.223 e. The Morgan fingerprint density at radius 2 is 1.86 bits per heavy atom. The number of nitrogens with zero attached hydrogens (tertiary/aromatic N) is 3. The van der Waals surface area contributed by atoms with Crippen molar-refractivity contribution in [3.63, 3.8) is 0 Å². The number of aromatic nitrogens is 4. The summed E-state index contributed by atoms with van der Waals surface area (Å²) in [5, 5.41) is 5.31. The Morgan fingerprint density at radius 1 is 1.00 bits per heavy atom. The molecule has 0 spiro atoms. The monoisotopic (exact) mass is 373 g/mol. The van der Waals surface area contributed by atoms with Gasteiger partial charge in [-0.15, -0.1) is 0 Å². The van der Waals surface area contributed by atoms with E-state index in [1.54, 1.807) is 12.4 Å². The first-order valence-corrected chi connectivity index (χ1v) is 9.70. The molecule has 5 rings (SSSR count). The van der Waals surface area contributed by atoms with E-state index in [-0.39, 0.29) is 12.1 Å². The van der Waals surface area contributed by atoms with E-state index < -0.39 is 0 Å². The second-order valence-corrected chi connectivity index (χ2v) is 7.46. The molecule has 1 aliphatic carbocycles. The molecule has 0 unspecified atom stereocenters. The Hall–Kier alpha value is -3.19. The molecule has 7 heteroatoms. The maximum absolute atomic E-state index is 6.28. The molecule has 1 saturated carbocycles. The molecule has 0 bridgehead atoms. The fourth-order valence-corrected chi connectivity index (χ4v) is 4.10. The number of anilines is 2. The number of nitrogens with one attached hydrogen (secondary N) is 2. The first kappa shape index (κ1) is 16.9. The molecule has 0 saturated heterocycles. The van der Waals surface area contributed by atoms with E-state index in [9.17, 15) is 0 Å². The molecule has 28 heavy (non-hydrogen) atoms. The van der Waals surface area contributed by atoms with Crippen LogP contribution >= 0.6 is 0 Å². The van der Waals surface area contributed by atoms with Gasteiger partial charge in [-0.1, -0.05) is 31.0 Å². The molecule has 3 aromatic heterocycles. The highest BCUT2D eigenvalue weighted by Gasteiger charge is 2.23. The van der Waals surface area contributed by atoms with Gasteiger partial charge >= 0.3 is 0 Å². The summed E-state index contributed by atoms with van der Waals surface area (Å²) in [5.74, 6) is 1.01. The summed E-state index contributed by atoms with van der Waals surface area (Å²) in [6, 6.07) is 8.51. The molecular weight excluding hydrogens is 350 g/mol. The van der Waals surface area contributed by atoms with E-state index in [4.69, 9.17) is 16.5 Å². The number of para-hydroxylation sites is 1. The van der Waals surface area contributed by atoms with Gasteiger partial charge in [-0.05, 0) is 18.9 Å². The molecule has 4 aromatic rings. The van der Waals surface area contributed by atoms with Gasteiger partial charge in [0.15, 0.2) is 0 Å². The van der Waals surface area contributed by atoms with Gasteiger partial charge in [-0.2, -0.15) is 0 Å². The normalized spacial score (nSPS) is 19.9. The van der Waals surface area contributed by atoms with Crippen LogP contribution in [-0.2, 0) is 0 Å².